The number of carbonyl (C=O) groups is 3. The molecule has 1 saturated heterocycles. The molecule has 2 aliphatic rings. The van der Waals surface area contributed by atoms with Gasteiger partial charge in [0, 0.05) is 24.7 Å². The third-order valence-electron chi connectivity index (χ3n) is 4.76. The van der Waals surface area contributed by atoms with Gasteiger partial charge in [0.05, 0.1) is 17.5 Å². The highest BCUT2D eigenvalue weighted by molar-refractivity contribution is 5.99. The van der Waals surface area contributed by atoms with Crippen molar-refractivity contribution in [2.75, 3.05) is 25.0 Å². The van der Waals surface area contributed by atoms with Crippen LogP contribution in [0.3, 0.4) is 0 Å². The zero-order chi connectivity index (χ0) is 18.8. The van der Waals surface area contributed by atoms with Gasteiger partial charge in [-0.3, -0.25) is 14.4 Å². The van der Waals surface area contributed by atoms with E-state index in [1.807, 2.05) is 0 Å². The molecule has 0 unspecified atom stereocenters. The third-order valence-corrected chi connectivity index (χ3v) is 4.76. The zero-order valence-electron chi connectivity index (χ0n) is 14.6. The van der Waals surface area contributed by atoms with Crippen molar-refractivity contribution in [1.82, 2.24) is 10.2 Å². The molecule has 0 atom stereocenters. The van der Waals surface area contributed by atoms with Crippen molar-refractivity contribution in [3.63, 3.8) is 0 Å². The van der Waals surface area contributed by atoms with Crippen LogP contribution in [0.2, 0.25) is 0 Å². The lowest BCUT2D eigenvalue weighted by Crippen LogP contribution is -2.46. The molecule has 2 N–H and O–H groups in total. The number of amides is 3. The fraction of sp³-hybridized carbons (Fsp3) is 0.316. The molecule has 1 fully saturated rings. The van der Waals surface area contributed by atoms with Gasteiger partial charge in [-0.15, -0.1) is 0 Å². The molecule has 27 heavy (non-hydrogen) atoms. The number of hydrogen-bond acceptors (Lipinski definition) is 5. The van der Waals surface area contributed by atoms with Crippen LogP contribution in [0.4, 0.5) is 5.69 Å². The van der Waals surface area contributed by atoms with E-state index in [0.29, 0.717) is 48.5 Å². The van der Waals surface area contributed by atoms with E-state index in [4.69, 9.17) is 9.15 Å². The summed E-state index contributed by atoms with van der Waals surface area (Å²) in [6.07, 6.45) is 4.30. The van der Waals surface area contributed by atoms with Gasteiger partial charge in [0.2, 0.25) is 0 Å². The SMILES string of the molecule is O=C1COc2cc(C(=O)NC3CCN(C(=O)c4ccoc4)CC3)ccc2N1. The lowest BCUT2D eigenvalue weighted by Gasteiger charge is -2.32. The summed E-state index contributed by atoms with van der Waals surface area (Å²) in [7, 11) is 0. The van der Waals surface area contributed by atoms with E-state index in [1.165, 1.54) is 12.5 Å². The van der Waals surface area contributed by atoms with E-state index >= 15 is 0 Å². The largest absolute Gasteiger partial charge is 0.482 e. The van der Waals surface area contributed by atoms with E-state index in [2.05, 4.69) is 10.6 Å². The molecule has 0 saturated carbocycles. The Morgan fingerprint density at radius 1 is 1.15 bits per heavy atom. The number of fused-ring (bicyclic) bond motifs is 1. The van der Waals surface area contributed by atoms with Crippen LogP contribution in [0.15, 0.2) is 41.2 Å². The Morgan fingerprint density at radius 2 is 1.96 bits per heavy atom. The second kappa shape index (κ2) is 7.14. The first kappa shape index (κ1) is 17.1. The number of rotatable bonds is 3. The van der Waals surface area contributed by atoms with Crippen molar-refractivity contribution in [2.45, 2.75) is 18.9 Å². The fourth-order valence-electron chi connectivity index (χ4n) is 3.28. The number of likely N-dealkylation sites (tertiary alicyclic amines) is 1. The molecule has 4 rings (SSSR count). The lowest BCUT2D eigenvalue weighted by atomic mass is 10.0. The minimum absolute atomic E-state index is 0.00236. The summed E-state index contributed by atoms with van der Waals surface area (Å²) in [4.78, 5) is 37.9. The number of nitrogens with zero attached hydrogens (tertiary/aromatic N) is 1. The Hall–Kier alpha value is -3.29. The Labute approximate surface area is 155 Å². The Bertz CT molecular complexity index is 869. The Balaban J connectivity index is 1.33. The minimum atomic E-state index is -0.212. The lowest BCUT2D eigenvalue weighted by molar-refractivity contribution is -0.118. The topological polar surface area (TPSA) is 101 Å². The van der Waals surface area contributed by atoms with Gasteiger partial charge in [-0.2, -0.15) is 0 Å². The van der Waals surface area contributed by atoms with Crippen LogP contribution in [0.25, 0.3) is 0 Å². The predicted octanol–water partition coefficient (Wildman–Crippen LogP) is 1.65. The van der Waals surface area contributed by atoms with Crippen molar-refractivity contribution >= 4 is 23.4 Å². The minimum Gasteiger partial charge on any atom is -0.482 e. The fourth-order valence-corrected chi connectivity index (χ4v) is 3.28. The highest BCUT2D eigenvalue weighted by Gasteiger charge is 2.26. The van der Waals surface area contributed by atoms with E-state index < -0.39 is 0 Å². The van der Waals surface area contributed by atoms with E-state index in [9.17, 15) is 14.4 Å². The van der Waals surface area contributed by atoms with Gasteiger partial charge in [0.15, 0.2) is 6.61 Å². The smallest absolute Gasteiger partial charge is 0.262 e. The van der Waals surface area contributed by atoms with Gasteiger partial charge >= 0.3 is 0 Å². The summed E-state index contributed by atoms with van der Waals surface area (Å²) in [6, 6.07) is 6.59. The van der Waals surface area contributed by atoms with Crippen LogP contribution in [-0.4, -0.2) is 48.4 Å². The normalized spacial score (nSPS) is 16.9. The standard InChI is InChI=1S/C19H19N3O5/c23-17-11-27-16-9-12(1-2-15(16)21-17)18(24)20-14-3-6-22(7-4-14)19(25)13-5-8-26-10-13/h1-2,5,8-10,14H,3-4,6-7,11H2,(H,20,24)(H,21,23). The van der Waals surface area contributed by atoms with Crippen molar-refractivity contribution in [1.29, 1.82) is 0 Å². The number of anilines is 1. The average molecular weight is 369 g/mol. The Morgan fingerprint density at radius 3 is 2.70 bits per heavy atom. The van der Waals surface area contributed by atoms with Crippen LogP contribution < -0.4 is 15.4 Å². The number of benzene rings is 1. The molecule has 3 amide bonds. The molecule has 0 bridgehead atoms. The van der Waals surface area contributed by atoms with Crippen LogP contribution in [0, 0.1) is 0 Å². The summed E-state index contributed by atoms with van der Waals surface area (Å²) >= 11 is 0. The summed E-state index contributed by atoms with van der Waals surface area (Å²) in [5.74, 6) is 0.0273. The molecule has 140 valence electrons. The number of hydrogen-bond donors (Lipinski definition) is 2. The third kappa shape index (κ3) is 3.64. The number of piperidine rings is 1. The molecule has 1 aromatic heterocycles. The van der Waals surface area contributed by atoms with Gasteiger partial charge in [0.1, 0.15) is 12.0 Å². The first-order valence-corrected chi connectivity index (χ1v) is 8.79. The highest BCUT2D eigenvalue weighted by Crippen LogP contribution is 2.28. The molecule has 2 aliphatic heterocycles. The molecule has 1 aromatic carbocycles. The number of carbonyl (C=O) groups excluding carboxylic acids is 3. The molecule has 2 aromatic rings. The maximum atomic E-state index is 12.5. The first-order valence-electron chi connectivity index (χ1n) is 8.79. The average Bonchev–Trinajstić information content (AvgIpc) is 3.22. The monoisotopic (exact) mass is 369 g/mol. The molecule has 3 heterocycles. The first-order chi connectivity index (χ1) is 13.1. The molecule has 8 nitrogen and oxygen atoms in total. The van der Waals surface area contributed by atoms with Gasteiger partial charge in [-0.1, -0.05) is 0 Å². The van der Waals surface area contributed by atoms with Crippen molar-refractivity contribution in [3.05, 3.63) is 47.9 Å². The molecular formula is C19H19N3O5. The molecular weight excluding hydrogens is 350 g/mol. The number of nitrogens with one attached hydrogen (secondary N) is 2. The van der Waals surface area contributed by atoms with Crippen molar-refractivity contribution in [2.24, 2.45) is 0 Å². The van der Waals surface area contributed by atoms with E-state index in [-0.39, 0.29) is 30.4 Å². The van der Waals surface area contributed by atoms with Gasteiger partial charge in [-0.25, -0.2) is 0 Å². The summed E-state index contributed by atoms with van der Waals surface area (Å²) in [5.41, 5.74) is 1.58. The second-order valence-electron chi connectivity index (χ2n) is 6.60. The summed E-state index contributed by atoms with van der Waals surface area (Å²) < 4.78 is 10.3. The van der Waals surface area contributed by atoms with E-state index in [0.717, 1.165) is 0 Å². The van der Waals surface area contributed by atoms with Crippen LogP contribution >= 0.6 is 0 Å². The summed E-state index contributed by atoms with van der Waals surface area (Å²) in [6.45, 7) is 1.10. The number of ether oxygens (including phenoxy) is 1. The summed E-state index contributed by atoms with van der Waals surface area (Å²) in [5, 5.41) is 5.70. The molecule has 8 heteroatoms. The van der Waals surface area contributed by atoms with E-state index in [1.54, 1.807) is 29.2 Å². The van der Waals surface area contributed by atoms with Crippen molar-refractivity contribution in [3.8, 4) is 5.75 Å². The van der Waals surface area contributed by atoms with Crippen LogP contribution in [0.1, 0.15) is 33.6 Å². The molecule has 0 spiro atoms. The maximum Gasteiger partial charge on any atom is 0.262 e. The predicted molar refractivity (Wildman–Crippen MR) is 95.7 cm³/mol. The second-order valence-corrected chi connectivity index (χ2v) is 6.60. The highest BCUT2D eigenvalue weighted by atomic mass is 16.5. The van der Waals surface area contributed by atoms with Gasteiger partial charge in [0.25, 0.3) is 17.7 Å². The number of furan rings is 1. The van der Waals surface area contributed by atoms with Gasteiger partial charge in [-0.05, 0) is 37.1 Å². The van der Waals surface area contributed by atoms with Crippen LogP contribution in [0.5, 0.6) is 5.75 Å². The quantitative estimate of drug-likeness (QED) is 0.857. The Kier molecular flexibility index (Phi) is 4.53. The van der Waals surface area contributed by atoms with Crippen molar-refractivity contribution < 1.29 is 23.5 Å². The zero-order valence-corrected chi connectivity index (χ0v) is 14.6. The van der Waals surface area contributed by atoms with Crippen LogP contribution in [-0.2, 0) is 4.79 Å². The molecule has 0 aliphatic carbocycles. The molecule has 0 radical (unpaired) electrons. The van der Waals surface area contributed by atoms with Gasteiger partial charge < -0.3 is 24.7 Å². The maximum absolute atomic E-state index is 12.5.